The Morgan fingerprint density at radius 1 is 1.64 bits per heavy atom. The summed E-state index contributed by atoms with van der Waals surface area (Å²) in [7, 11) is 2.01. The van der Waals surface area contributed by atoms with E-state index in [9.17, 15) is 0 Å². The molecule has 1 saturated carbocycles. The van der Waals surface area contributed by atoms with Crippen molar-refractivity contribution in [2.24, 2.45) is 13.0 Å². The molecule has 0 radical (unpaired) electrons. The van der Waals surface area contributed by atoms with E-state index in [4.69, 9.17) is 0 Å². The summed E-state index contributed by atoms with van der Waals surface area (Å²) in [4.78, 5) is 0. The van der Waals surface area contributed by atoms with Gasteiger partial charge >= 0.3 is 0 Å². The molecule has 3 nitrogen and oxygen atoms in total. The van der Waals surface area contributed by atoms with E-state index in [1.54, 1.807) is 6.33 Å². The van der Waals surface area contributed by atoms with Crippen LogP contribution in [0.15, 0.2) is 6.33 Å². The van der Waals surface area contributed by atoms with Gasteiger partial charge in [0, 0.05) is 13.0 Å². The van der Waals surface area contributed by atoms with Gasteiger partial charge in [-0.1, -0.05) is 6.92 Å². The van der Waals surface area contributed by atoms with Gasteiger partial charge < -0.3 is 4.57 Å². The predicted molar refractivity (Wildman–Crippen MR) is 42.1 cm³/mol. The minimum absolute atomic E-state index is 0.600. The second-order valence-corrected chi connectivity index (χ2v) is 3.43. The van der Waals surface area contributed by atoms with Crippen LogP contribution in [0.5, 0.6) is 0 Å². The molecule has 0 amide bonds. The van der Waals surface area contributed by atoms with Crippen molar-refractivity contribution in [3.05, 3.63) is 12.2 Å². The number of nitrogens with zero attached hydrogens (tertiary/aromatic N) is 3. The molecule has 1 aromatic rings. The van der Waals surface area contributed by atoms with Gasteiger partial charge in [-0.3, -0.25) is 0 Å². The molecule has 0 saturated heterocycles. The summed E-state index contributed by atoms with van der Waals surface area (Å²) in [5, 5.41) is 7.96. The van der Waals surface area contributed by atoms with E-state index in [0.29, 0.717) is 5.92 Å². The Balaban J connectivity index is 2.20. The van der Waals surface area contributed by atoms with Crippen LogP contribution < -0.4 is 0 Å². The molecule has 2 rings (SSSR count). The van der Waals surface area contributed by atoms with Crippen molar-refractivity contribution in [2.75, 3.05) is 0 Å². The smallest absolute Gasteiger partial charge is 0.135 e. The Morgan fingerprint density at radius 2 is 2.36 bits per heavy atom. The lowest BCUT2D eigenvalue weighted by Gasteiger charge is -2.07. The minimum atomic E-state index is 0.600. The van der Waals surface area contributed by atoms with E-state index < -0.39 is 0 Å². The summed E-state index contributed by atoms with van der Waals surface area (Å²) in [5.74, 6) is 2.60. The first-order valence-electron chi connectivity index (χ1n) is 4.13. The van der Waals surface area contributed by atoms with Gasteiger partial charge in [0.15, 0.2) is 0 Å². The summed E-state index contributed by atoms with van der Waals surface area (Å²) < 4.78 is 2.02. The van der Waals surface area contributed by atoms with Crippen LogP contribution in [0.4, 0.5) is 0 Å². The Labute approximate surface area is 66.4 Å². The standard InChI is InChI=1S/C8H13N3/c1-6(7-3-4-7)8-10-9-5-11(8)2/h5-7H,3-4H2,1-2H3. The summed E-state index contributed by atoms with van der Waals surface area (Å²) in [6.45, 7) is 2.24. The molecular formula is C8H13N3. The highest BCUT2D eigenvalue weighted by Crippen LogP contribution is 2.41. The van der Waals surface area contributed by atoms with Crippen molar-refractivity contribution >= 4 is 0 Å². The molecule has 0 aliphatic heterocycles. The van der Waals surface area contributed by atoms with Crippen molar-refractivity contribution in [1.82, 2.24) is 14.8 Å². The molecule has 3 heteroatoms. The molecule has 1 heterocycles. The SMILES string of the molecule is CC(c1nncn1C)C1CC1. The summed E-state index contributed by atoms with van der Waals surface area (Å²) >= 11 is 0. The van der Waals surface area contributed by atoms with Crippen molar-refractivity contribution in [3.8, 4) is 0 Å². The Hall–Kier alpha value is -0.860. The molecule has 11 heavy (non-hydrogen) atoms. The first-order valence-corrected chi connectivity index (χ1v) is 4.13. The van der Waals surface area contributed by atoms with Gasteiger partial charge in [0.05, 0.1) is 0 Å². The van der Waals surface area contributed by atoms with Gasteiger partial charge in [-0.25, -0.2) is 0 Å². The van der Waals surface area contributed by atoms with Gasteiger partial charge in [-0.15, -0.1) is 10.2 Å². The highest BCUT2D eigenvalue weighted by Gasteiger charge is 2.31. The lowest BCUT2D eigenvalue weighted by Crippen LogP contribution is -2.04. The summed E-state index contributed by atoms with van der Waals surface area (Å²) in [6, 6.07) is 0. The van der Waals surface area contributed by atoms with Crippen LogP contribution in [0.1, 0.15) is 31.5 Å². The van der Waals surface area contributed by atoms with E-state index in [1.165, 1.54) is 12.8 Å². The van der Waals surface area contributed by atoms with Crippen molar-refractivity contribution in [1.29, 1.82) is 0 Å². The van der Waals surface area contributed by atoms with Crippen LogP contribution in [0.25, 0.3) is 0 Å². The maximum absolute atomic E-state index is 4.09. The Bertz CT molecular complexity index is 250. The average molecular weight is 151 g/mol. The molecular weight excluding hydrogens is 138 g/mol. The third-order valence-electron chi connectivity index (χ3n) is 2.48. The molecule has 1 unspecified atom stereocenters. The lowest BCUT2D eigenvalue weighted by atomic mass is 10.1. The zero-order valence-electron chi connectivity index (χ0n) is 6.99. The van der Waals surface area contributed by atoms with Gasteiger partial charge in [0.1, 0.15) is 12.2 Å². The largest absolute Gasteiger partial charge is 0.320 e. The zero-order chi connectivity index (χ0) is 7.84. The van der Waals surface area contributed by atoms with E-state index in [-0.39, 0.29) is 0 Å². The zero-order valence-corrected chi connectivity index (χ0v) is 6.99. The van der Waals surface area contributed by atoms with Crippen LogP contribution in [-0.2, 0) is 7.05 Å². The molecule has 0 spiro atoms. The monoisotopic (exact) mass is 151 g/mol. The highest BCUT2D eigenvalue weighted by molar-refractivity contribution is 5.00. The van der Waals surface area contributed by atoms with Gasteiger partial charge in [-0.2, -0.15) is 0 Å². The van der Waals surface area contributed by atoms with Crippen LogP contribution in [0.2, 0.25) is 0 Å². The normalized spacial score (nSPS) is 20.2. The second kappa shape index (κ2) is 2.32. The molecule has 1 atom stereocenters. The molecule has 0 N–H and O–H groups in total. The van der Waals surface area contributed by atoms with Crippen molar-refractivity contribution < 1.29 is 0 Å². The number of aryl methyl sites for hydroxylation is 1. The van der Waals surface area contributed by atoms with Gasteiger partial charge in [-0.05, 0) is 18.8 Å². The van der Waals surface area contributed by atoms with E-state index in [2.05, 4.69) is 17.1 Å². The first kappa shape index (κ1) is 6.83. The molecule has 1 fully saturated rings. The quantitative estimate of drug-likeness (QED) is 0.638. The van der Waals surface area contributed by atoms with E-state index >= 15 is 0 Å². The molecule has 1 aromatic heterocycles. The van der Waals surface area contributed by atoms with Crippen LogP contribution in [0, 0.1) is 5.92 Å². The fraction of sp³-hybridized carbons (Fsp3) is 0.750. The number of rotatable bonds is 2. The van der Waals surface area contributed by atoms with Gasteiger partial charge in [0.2, 0.25) is 0 Å². The molecule has 0 bridgehead atoms. The first-order chi connectivity index (χ1) is 5.29. The van der Waals surface area contributed by atoms with E-state index in [0.717, 1.165) is 11.7 Å². The molecule has 60 valence electrons. The fourth-order valence-corrected chi connectivity index (χ4v) is 1.51. The predicted octanol–water partition coefficient (Wildman–Crippen LogP) is 1.33. The Kier molecular flexibility index (Phi) is 1.44. The van der Waals surface area contributed by atoms with Crippen LogP contribution >= 0.6 is 0 Å². The van der Waals surface area contributed by atoms with E-state index in [1.807, 2.05) is 11.6 Å². The maximum atomic E-state index is 4.09. The third-order valence-corrected chi connectivity index (χ3v) is 2.48. The summed E-state index contributed by atoms with van der Waals surface area (Å²) in [6.07, 6.45) is 4.51. The van der Waals surface area contributed by atoms with Crippen LogP contribution in [-0.4, -0.2) is 14.8 Å². The van der Waals surface area contributed by atoms with Crippen LogP contribution in [0.3, 0.4) is 0 Å². The molecule has 0 aromatic carbocycles. The van der Waals surface area contributed by atoms with Crippen molar-refractivity contribution in [3.63, 3.8) is 0 Å². The number of aromatic nitrogens is 3. The fourth-order valence-electron chi connectivity index (χ4n) is 1.51. The molecule has 1 aliphatic rings. The number of hydrogen-bond acceptors (Lipinski definition) is 2. The third kappa shape index (κ3) is 1.15. The summed E-state index contributed by atoms with van der Waals surface area (Å²) in [5.41, 5.74) is 0. The number of hydrogen-bond donors (Lipinski definition) is 0. The topological polar surface area (TPSA) is 30.7 Å². The minimum Gasteiger partial charge on any atom is -0.320 e. The van der Waals surface area contributed by atoms with Crippen molar-refractivity contribution in [2.45, 2.75) is 25.7 Å². The maximum Gasteiger partial charge on any atom is 0.135 e. The average Bonchev–Trinajstić information content (AvgIpc) is 2.74. The highest BCUT2D eigenvalue weighted by atomic mass is 15.2. The molecule has 1 aliphatic carbocycles. The van der Waals surface area contributed by atoms with Gasteiger partial charge in [0.25, 0.3) is 0 Å². The lowest BCUT2D eigenvalue weighted by molar-refractivity contribution is 0.592. The Morgan fingerprint density at radius 3 is 2.82 bits per heavy atom. The second-order valence-electron chi connectivity index (χ2n) is 3.43.